The molecule has 0 aliphatic heterocycles. The van der Waals surface area contributed by atoms with Crippen molar-refractivity contribution in [1.29, 1.82) is 0 Å². The van der Waals surface area contributed by atoms with Gasteiger partial charge in [0.1, 0.15) is 0 Å². The van der Waals surface area contributed by atoms with E-state index in [1.807, 2.05) is 6.08 Å². The lowest BCUT2D eigenvalue weighted by Gasteiger charge is -2.19. The second kappa shape index (κ2) is 5.91. The summed E-state index contributed by atoms with van der Waals surface area (Å²) in [5, 5.41) is 18.2. The number of aliphatic carboxylic acids is 1. The molecule has 0 bridgehead atoms. The van der Waals surface area contributed by atoms with E-state index < -0.39 is 5.97 Å². The molecule has 0 aromatic rings. The molecule has 0 atom stereocenters. The molecular formula is C12H20O3. The largest absolute Gasteiger partial charge is 0.478 e. The summed E-state index contributed by atoms with van der Waals surface area (Å²) in [4.78, 5) is 10.7. The maximum Gasteiger partial charge on any atom is 0.330 e. The molecule has 15 heavy (non-hydrogen) atoms. The normalized spacial score (nSPS) is 29.3. The van der Waals surface area contributed by atoms with E-state index in [4.69, 9.17) is 5.11 Å². The minimum absolute atomic E-state index is 0.143. The minimum Gasteiger partial charge on any atom is -0.478 e. The first kappa shape index (κ1) is 12.2. The Kier molecular flexibility index (Phi) is 4.82. The van der Waals surface area contributed by atoms with Gasteiger partial charge in [-0.1, -0.05) is 18.9 Å². The molecule has 0 radical (unpaired) electrons. The smallest absolute Gasteiger partial charge is 0.330 e. The van der Waals surface area contributed by atoms with Crippen LogP contribution in [0.25, 0.3) is 0 Å². The second-order valence-corrected chi connectivity index (χ2v) is 4.43. The quantitative estimate of drug-likeness (QED) is 0.691. The lowest BCUT2D eigenvalue weighted by molar-refractivity contribution is -0.132. The van der Waals surface area contributed by atoms with Crippen LogP contribution >= 0.6 is 0 Å². The molecule has 3 nitrogen and oxygen atoms in total. The zero-order valence-electron chi connectivity index (χ0n) is 9.28. The van der Waals surface area contributed by atoms with Crippen LogP contribution in [0.5, 0.6) is 0 Å². The van der Waals surface area contributed by atoms with E-state index in [-0.39, 0.29) is 6.10 Å². The van der Waals surface area contributed by atoms with Crippen molar-refractivity contribution >= 4 is 5.97 Å². The van der Waals surface area contributed by atoms with E-state index in [9.17, 15) is 9.90 Å². The molecule has 1 rings (SSSR count). The summed E-state index contributed by atoms with van der Waals surface area (Å²) in [6.07, 6.45) is 7.44. The first-order valence-corrected chi connectivity index (χ1v) is 5.69. The summed E-state index contributed by atoms with van der Waals surface area (Å²) in [6, 6.07) is 0. The summed E-state index contributed by atoms with van der Waals surface area (Å²) in [7, 11) is 0. The van der Waals surface area contributed by atoms with Crippen LogP contribution < -0.4 is 0 Å². The van der Waals surface area contributed by atoms with Gasteiger partial charge in [0.2, 0.25) is 0 Å². The summed E-state index contributed by atoms with van der Waals surface area (Å²) in [5.41, 5.74) is 0.445. The number of hydrogen-bond acceptors (Lipinski definition) is 2. The van der Waals surface area contributed by atoms with E-state index in [1.54, 1.807) is 6.92 Å². The van der Waals surface area contributed by atoms with E-state index in [0.29, 0.717) is 11.5 Å². The van der Waals surface area contributed by atoms with Crippen molar-refractivity contribution in [2.24, 2.45) is 5.92 Å². The van der Waals surface area contributed by atoms with Crippen LogP contribution in [0.2, 0.25) is 0 Å². The summed E-state index contributed by atoms with van der Waals surface area (Å²) < 4.78 is 0. The number of hydrogen-bond donors (Lipinski definition) is 2. The van der Waals surface area contributed by atoms with Crippen LogP contribution in [0, 0.1) is 5.92 Å². The molecule has 86 valence electrons. The molecule has 1 aliphatic carbocycles. The highest BCUT2D eigenvalue weighted by molar-refractivity contribution is 5.85. The highest BCUT2D eigenvalue weighted by atomic mass is 16.4. The van der Waals surface area contributed by atoms with E-state index >= 15 is 0 Å². The molecule has 2 N–H and O–H groups in total. The third-order valence-electron chi connectivity index (χ3n) is 3.05. The van der Waals surface area contributed by atoms with Gasteiger partial charge in [-0.2, -0.15) is 0 Å². The standard InChI is InChI=1S/C12H20O3/c1-9(12(14)15)8-10-4-2-6-11(13)7-3-5-10/h8,10-11,13H,2-7H2,1H3,(H,14,15). The van der Waals surface area contributed by atoms with E-state index in [1.165, 1.54) is 0 Å². The molecule has 0 unspecified atom stereocenters. The molecule has 0 heterocycles. The van der Waals surface area contributed by atoms with E-state index in [2.05, 4.69) is 0 Å². The monoisotopic (exact) mass is 212 g/mol. The highest BCUT2D eigenvalue weighted by Crippen LogP contribution is 2.24. The van der Waals surface area contributed by atoms with Crippen LogP contribution in [0.4, 0.5) is 0 Å². The summed E-state index contributed by atoms with van der Waals surface area (Å²) in [5.74, 6) is -0.439. The lowest BCUT2D eigenvalue weighted by atomic mass is 9.89. The average molecular weight is 212 g/mol. The fraction of sp³-hybridized carbons (Fsp3) is 0.750. The Balaban J connectivity index is 2.48. The van der Waals surface area contributed by atoms with E-state index in [0.717, 1.165) is 38.5 Å². The predicted molar refractivity (Wildman–Crippen MR) is 58.6 cm³/mol. The molecule has 1 fully saturated rings. The zero-order chi connectivity index (χ0) is 11.3. The third-order valence-corrected chi connectivity index (χ3v) is 3.05. The van der Waals surface area contributed by atoms with Crippen LogP contribution in [-0.4, -0.2) is 22.3 Å². The SMILES string of the molecule is CC(=CC1CCCC(O)CCC1)C(=O)O. The van der Waals surface area contributed by atoms with Crippen LogP contribution in [0.15, 0.2) is 11.6 Å². The number of aliphatic hydroxyl groups is 1. The van der Waals surface area contributed by atoms with Gasteiger partial charge in [-0.05, 0) is 38.5 Å². The molecule has 0 spiro atoms. The Morgan fingerprint density at radius 2 is 1.73 bits per heavy atom. The van der Waals surface area contributed by atoms with Crippen molar-refractivity contribution in [3.05, 3.63) is 11.6 Å². The molecule has 0 saturated heterocycles. The Morgan fingerprint density at radius 1 is 1.20 bits per heavy atom. The van der Waals surface area contributed by atoms with Crippen molar-refractivity contribution in [3.63, 3.8) is 0 Å². The predicted octanol–water partition coefficient (Wildman–Crippen LogP) is 2.35. The van der Waals surface area contributed by atoms with Crippen LogP contribution in [-0.2, 0) is 4.79 Å². The van der Waals surface area contributed by atoms with Gasteiger partial charge in [-0.3, -0.25) is 0 Å². The molecule has 3 heteroatoms. The topological polar surface area (TPSA) is 57.5 Å². The summed E-state index contributed by atoms with van der Waals surface area (Å²) >= 11 is 0. The summed E-state index contributed by atoms with van der Waals surface area (Å²) in [6.45, 7) is 1.65. The number of rotatable bonds is 2. The van der Waals surface area contributed by atoms with Gasteiger partial charge >= 0.3 is 5.97 Å². The molecule has 1 saturated carbocycles. The Labute approximate surface area is 90.8 Å². The Bertz CT molecular complexity index is 235. The van der Waals surface area contributed by atoms with Crippen LogP contribution in [0.1, 0.15) is 45.4 Å². The fourth-order valence-electron chi connectivity index (χ4n) is 2.11. The molecule has 0 aromatic heterocycles. The number of carbonyl (C=O) groups is 1. The average Bonchev–Trinajstić information content (AvgIpc) is 2.13. The van der Waals surface area contributed by atoms with Gasteiger partial charge in [0, 0.05) is 5.57 Å². The van der Waals surface area contributed by atoms with Gasteiger partial charge in [-0.25, -0.2) is 4.79 Å². The molecule has 0 aromatic carbocycles. The van der Waals surface area contributed by atoms with Crippen molar-refractivity contribution in [3.8, 4) is 0 Å². The van der Waals surface area contributed by atoms with Gasteiger partial charge in [0.05, 0.1) is 6.10 Å². The Hall–Kier alpha value is -0.830. The van der Waals surface area contributed by atoms with Gasteiger partial charge in [-0.15, -0.1) is 0 Å². The number of carboxylic acids is 1. The first-order chi connectivity index (χ1) is 7.09. The number of allylic oxidation sites excluding steroid dienone is 1. The van der Waals surface area contributed by atoms with Crippen molar-refractivity contribution in [1.82, 2.24) is 0 Å². The van der Waals surface area contributed by atoms with Crippen molar-refractivity contribution in [2.45, 2.75) is 51.6 Å². The van der Waals surface area contributed by atoms with Crippen molar-refractivity contribution in [2.75, 3.05) is 0 Å². The third kappa shape index (κ3) is 4.47. The Morgan fingerprint density at radius 3 is 2.20 bits per heavy atom. The van der Waals surface area contributed by atoms with Gasteiger partial charge in [0.15, 0.2) is 0 Å². The maximum atomic E-state index is 10.7. The van der Waals surface area contributed by atoms with Crippen LogP contribution in [0.3, 0.4) is 0 Å². The maximum absolute atomic E-state index is 10.7. The second-order valence-electron chi connectivity index (χ2n) is 4.43. The zero-order valence-corrected chi connectivity index (χ0v) is 9.28. The first-order valence-electron chi connectivity index (χ1n) is 5.69. The number of aliphatic hydroxyl groups excluding tert-OH is 1. The highest BCUT2D eigenvalue weighted by Gasteiger charge is 2.14. The molecule has 1 aliphatic rings. The molecular weight excluding hydrogens is 192 g/mol. The van der Waals surface area contributed by atoms with Crippen molar-refractivity contribution < 1.29 is 15.0 Å². The van der Waals surface area contributed by atoms with Gasteiger partial charge in [0.25, 0.3) is 0 Å². The van der Waals surface area contributed by atoms with Gasteiger partial charge < -0.3 is 10.2 Å². The minimum atomic E-state index is -0.822. The number of carboxylic acid groups (broad SMARTS) is 1. The lowest BCUT2D eigenvalue weighted by Crippen LogP contribution is -2.12. The molecule has 0 amide bonds. The fourth-order valence-corrected chi connectivity index (χ4v) is 2.11.